The van der Waals surface area contributed by atoms with Crippen LogP contribution in [0.5, 0.6) is 0 Å². The normalized spacial score (nSPS) is 13.8. The topological polar surface area (TPSA) is 47.9 Å². The van der Waals surface area contributed by atoms with E-state index in [1.807, 2.05) is 4.90 Å². The second-order valence-electron chi connectivity index (χ2n) is 6.01. The molecule has 1 aliphatic heterocycles. The summed E-state index contributed by atoms with van der Waals surface area (Å²) in [6.07, 6.45) is 1.69. The van der Waals surface area contributed by atoms with Gasteiger partial charge in [-0.1, -0.05) is 22.9 Å². The van der Waals surface area contributed by atoms with E-state index in [0.29, 0.717) is 18.1 Å². The third-order valence-corrected chi connectivity index (χ3v) is 4.74. The van der Waals surface area contributed by atoms with Crippen LogP contribution < -0.4 is 5.32 Å². The number of carbonyl (C=O) groups is 1. The van der Waals surface area contributed by atoms with Crippen molar-refractivity contribution in [1.82, 2.24) is 15.1 Å². The summed E-state index contributed by atoms with van der Waals surface area (Å²) in [4.78, 5) is 19.8. The van der Waals surface area contributed by atoms with Gasteiger partial charge in [0.25, 0.3) is 0 Å². The van der Waals surface area contributed by atoms with Crippen LogP contribution >= 0.6 is 39.9 Å². The molecule has 0 atom stereocenters. The van der Waals surface area contributed by atoms with Gasteiger partial charge in [-0.15, -0.1) is 24.0 Å². The Morgan fingerprint density at radius 1 is 1.40 bits per heavy atom. The summed E-state index contributed by atoms with van der Waals surface area (Å²) in [5, 5.41) is 3.27. The van der Waals surface area contributed by atoms with Crippen molar-refractivity contribution in [3.8, 4) is 0 Å². The molecule has 1 aliphatic rings. The van der Waals surface area contributed by atoms with Crippen molar-refractivity contribution in [3.05, 3.63) is 33.5 Å². The highest BCUT2D eigenvalue weighted by Gasteiger charge is 2.23. The van der Waals surface area contributed by atoms with E-state index in [2.05, 4.69) is 33.2 Å². The Hall–Kier alpha value is -0.900. The van der Waals surface area contributed by atoms with E-state index in [1.165, 1.54) is 11.0 Å². The van der Waals surface area contributed by atoms with E-state index < -0.39 is 0 Å². The number of rotatable bonds is 4. The molecule has 140 valence electrons. The van der Waals surface area contributed by atoms with Crippen molar-refractivity contribution in [3.63, 3.8) is 0 Å². The summed E-state index contributed by atoms with van der Waals surface area (Å²) >= 11 is 3.50. The summed E-state index contributed by atoms with van der Waals surface area (Å²) in [6, 6.07) is 3.24. The third kappa shape index (κ3) is 5.80. The quantitative estimate of drug-likeness (QED) is 0.373. The van der Waals surface area contributed by atoms with Crippen LogP contribution in [-0.2, 0) is 17.8 Å². The molecule has 2 rings (SSSR count). The number of guanidine groups is 1. The fraction of sp³-hybridized carbons (Fsp3) is 0.529. The summed E-state index contributed by atoms with van der Waals surface area (Å²) in [5.74, 6) is 0.409. The molecule has 0 spiro atoms. The lowest BCUT2D eigenvalue weighted by molar-refractivity contribution is -0.127. The van der Waals surface area contributed by atoms with Crippen molar-refractivity contribution in [2.24, 2.45) is 4.99 Å². The molecule has 0 fully saturated rings. The largest absolute Gasteiger partial charge is 0.356 e. The number of benzene rings is 1. The first-order valence-corrected chi connectivity index (χ1v) is 8.92. The number of likely N-dealkylation sites (N-methyl/N-ethyl adjacent to an activating group) is 1. The Kier molecular flexibility index (Phi) is 9.12. The molecule has 1 N–H and O–H groups in total. The van der Waals surface area contributed by atoms with Crippen molar-refractivity contribution in [2.45, 2.75) is 26.3 Å². The first-order valence-electron chi connectivity index (χ1n) is 8.13. The fourth-order valence-electron chi connectivity index (χ4n) is 2.56. The van der Waals surface area contributed by atoms with Crippen LogP contribution in [0.1, 0.15) is 24.5 Å². The van der Waals surface area contributed by atoms with Gasteiger partial charge in [0.05, 0.1) is 0 Å². The number of hydrogen-bond donors (Lipinski definition) is 1. The maximum atomic E-state index is 14.2. The van der Waals surface area contributed by atoms with Gasteiger partial charge in [-0.2, -0.15) is 0 Å². The second-order valence-corrected chi connectivity index (χ2v) is 6.87. The van der Waals surface area contributed by atoms with Crippen LogP contribution in [-0.4, -0.2) is 55.4 Å². The van der Waals surface area contributed by atoms with E-state index >= 15 is 0 Å². The third-order valence-electron chi connectivity index (χ3n) is 3.99. The zero-order valence-electron chi connectivity index (χ0n) is 14.8. The highest BCUT2D eigenvalue weighted by molar-refractivity contribution is 14.0. The lowest BCUT2D eigenvalue weighted by Gasteiger charge is -2.32. The molecule has 0 unspecified atom stereocenters. The lowest BCUT2D eigenvalue weighted by atomic mass is 9.99. The molecule has 5 nitrogen and oxygen atoms in total. The monoisotopic (exact) mass is 526 g/mol. The summed E-state index contributed by atoms with van der Waals surface area (Å²) < 4.78 is 15.1. The van der Waals surface area contributed by atoms with Gasteiger partial charge >= 0.3 is 0 Å². The Balaban J connectivity index is 0.00000312. The maximum absolute atomic E-state index is 14.2. The smallest absolute Gasteiger partial charge is 0.243 e. The van der Waals surface area contributed by atoms with Gasteiger partial charge in [-0.3, -0.25) is 4.79 Å². The van der Waals surface area contributed by atoms with Crippen molar-refractivity contribution in [1.29, 1.82) is 0 Å². The minimum Gasteiger partial charge on any atom is -0.356 e. The highest BCUT2D eigenvalue weighted by Crippen LogP contribution is 2.28. The standard InChI is InChI=1S/C17H24BrFN4O.HI/c1-4-8-20-17(21-10-16(24)22(2)3)23-9-7-12-13(11-23)15(19)6-5-14(12)18;/h5-6H,4,7-11H2,1-3H3,(H,20,21);1H. The van der Waals surface area contributed by atoms with E-state index in [1.54, 1.807) is 20.2 Å². The molecular formula is C17H25BrFIN4O. The Labute approximate surface area is 174 Å². The number of aliphatic imine (C=N–C) groups is 1. The van der Waals surface area contributed by atoms with E-state index in [4.69, 9.17) is 0 Å². The Bertz CT molecular complexity index is 639. The number of halogens is 3. The van der Waals surface area contributed by atoms with Crippen LogP contribution in [0.15, 0.2) is 21.6 Å². The number of amides is 1. The number of fused-ring (bicyclic) bond motifs is 1. The molecule has 1 heterocycles. The fourth-order valence-corrected chi connectivity index (χ4v) is 3.13. The van der Waals surface area contributed by atoms with E-state index in [-0.39, 0.29) is 42.2 Å². The molecule has 0 saturated heterocycles. The van der Waals surface area contributed by atoms with Gasteiger partial charge in [0.1, 0.15) is 12.4 Å². The molecule has 0 aliphatic carbocycles. The molecule has 8 heteroatoms. The first kappa shape index (κ1) is 22.1. The average molecular weight is 527 g/mol. The average Bonchev–Trinajstić information content (AvgIpc) is 2.57. The van der Waals surface area contributed by atoms with Crippen LogP contribution in [0.25, 0.3) is 0 Å². The van der Waals surface area contributed by atoms with Crippen LogP contribution in [0.3, 0.4) is 0 Å². The molecule has 1 aromatic rings. The van der Waals surface area contributed by atoms with Gasteiger partial charge < -0.3 is 15.1 Å². The summed E-state index contributed by atoms with van der Waals surface area (Å²) in [6.45, 7) is 4.10. The second kappa shape index (κ2) is 10.3. The highest BCUT2D eigenvalue weighted by atomic mass is 127. The molecule has 0 aromatic heterocycles. The SMILES string of the molecule is CCCNC(=NCC(=O)N(C)C)N1CCc2c(Br)ccc(F)c2C1.I. The number of carbonyl (C=O) groups excluding carboxylic acids is 1. The zero-order chi connectivity index (χ0) is 17.7. The van der Waals surface area contributed by atoms with Crippen molar-refractivity contribution < 1.29 is 9.18 Å². The van der Waals surface area contributed by atoms with Gasteiger partial charge in [0, 0.05) is 43.8 Å². The minimum atomic E-state index is -0.197. The molecule has 1 aromatic carbocycles. The predicted octanol–water partition coefficient (Wildman–Crippen LogP) is 3.01. The summed E-state index contributed by atoms with van der Waals surface area (Å²) in [7, 11) is 3.42. The molecule has 1 amide bonds. The van der Waals surface area contributed by atoms with Gasteiger partial charge in [0.15, 0.2) is 5.96 Å². The van der Waals surface area contributed by atoms with E-state index in [9.17, 15) is 9.18 Å². The maximum Gasteiger partial charge on any atom is 0.243 e. The van der Waals surface area contributed by atoms with Gasteiger partial charge in [-0.05, 0) is 30.5 Å². The number of hydrogen-bond acceptors (Lipinski definition) is 2. The molecule has 0 saturated carbocycles. The van der Waals surface area contributed by atoms with Crippen molar-refractivity contribution >= 4 is 51.8 Å². The van der Waals surface area contributed by atoms with Crippen LogP contribution in [0.2, 0.25) is 0 Å². The minimum absolute atomic E-state index is 0. The van der Waals surface area contributed by atoms with Crippen molar-refractivity contribution in [2.75, 3.05) is 33.7 Å². The van der Waals surface area contributed by atoms with E-state index in [0.717, 1.165) is 36.0 Å². The van der Waals surface area contributed by atoms with Crippen LogP contribution in [0.4, 0.5) is 4.39 Å². The molecule has 25 heavy (non-hydrogen) atoms. The summed E-state index contributed by atoms with van der Waals surface area (Å²) in [5.41, 5.74) is 1.71. The van der Waals surface area contributed by atoms with Crippen LogP contribution in [0, 0.1) is 5.82 Å². The lowest BCUT2D eigenvalue weighted by Crippen LogP contribution is -2.45. The molecular weight excluding hydrogens is 502 g/mol. The number of nitrogens with zero attached hydrogens (tertiary/aromatic N) is 3. The number of nitrogens with one attached hydrogen (secondary N) is 1. The van der Waals surface area contributed by atoms with Gasteiger partial charge in [0.2, 0.25) is 5.91 Å². The predicted molar refractivity (Wildman–Crippen MR) is 113 cm³/mol. The Morgan fingerprint density at radius 3 is 2.76 bits per heavy atom. The molecule has 0 bridgehead atoms. The Morgan fingerprint density at radius 2 is 2.12 bits per heavy atom. The molecule has 0 radical (unpaired) electrons. The first-order chi connectivity index (χ1) is 11.4. The zero-order valence-corrected chi connectivity index (χ0v) is 18.7. The van der Waals surface area contributed by atoms with Gasteiger partial charge in [-0.25, -0.2) is 9.38 Å².